The fourth-order valence-electron chi connectivity index (χ4n) is 1.98. The molecule has 4 nitrogen and oxygen atoms in total. The SMILES string of the molecule is CCCCCCNC(=O)C(C)NC(=O)/C=C/c1ccccc1. The zero-order valence-electron chi connectivity index (χ0n) is 13.5. The lowest BCUT2D eigenvalue weighted by molar-refractivity contribution is -0.126. The van der Waals surface area contributed by atoms with Crippen LogP contribution >= 0.6 is 0 Å². The van der Waals surface area contributed by atoms with Crippen molar-refractivity contribution < 1.29 is 9.59 Å². The molecule has 0 bridgehead atoms. The van der Waals surface area contributed by atoms with Crippen LogP contribution in [0, 0.1) is 0 Å². The molecule has 1 aromatic carbocycles. The molecule has 0 spiro atoms. The maximum atomic E-state index is 11.8. The Morgan fingerprint density at radius 2 is 1.86 bits per heavy atom. The molecule has 2 N–H and O–H groups in total. The van der Waals surface area contributed by atoms with E-state index in [9.17, 15) is 9.59 Å². The van der Waals surface area contributed by atoms with E-state index in [1.54, 1.807) is 13.0 Å². The smallest absolute Gasteiger partial charge is 0.244 e. The highest BCUT2D eigenvalue weighted by atomic mass is 16.2. The van der Waals surface area contributed by atoms with Gasteiger partial charge in [0.1, 0.15) is 6.04 Å². The van der Waals surface area contributed by atoms with Crippen molar-refractivity contribution in [3.63, 3.8) is 0 Å². The van der Waals surface area contributed by atoms with Crippen molar-refractivity contribution in [2.75, 3.05) is 6.54 Å². The normalized spacial score (nSPS) is 12.1. The van der Waals surface area contributed by atoms with Crippen LogP contribution in [0.1, 0.15) is 45.1 Å². The molecule has 0 aromatic heterocycles. The van der Waals surface area contributed by atoms with Gasteiger partial charge < -0.3 is 10.6 Å². The molecule has 0 saturated carbocycles. The largest absolute Gasteiger partial charge is 0.354 e. The quantitative estimate of drug-likeness (QED) is 0.544. The van der Waals surface area contributed by atoms with Crippen molar-refractivity contribution in [1.29, 1.82) is 0 Å². The van der Waals surface area contributed by atoms with Gasteiger partial charge in [0.05, 0.1) is 0 Å². The lowest BCUT2D eigenvalue weighted by Crippen LogP contribution is -2.44. The van der Waals surface area contributed by atoms with Gasteiger partial charge >= 0.3 is 0 Å². The van der Waals surface area contributed by atoms with E-state index < -0.39 is 6.04 Å². The Labute approximate surface area is 133 Å². The van der Waals surface area contributed by atoms with Gasteiger partial charge in [-0.2, -0.15) is 0 Å². The van der Waals surface area contributed by atoms with Crippen LogP contribution in [-0.4, -0.2) is 24.4 Å². The Kier molecular flexibility index (Phi) is 8.65. The molecule has 0 aliphatic rings. The van der Waals surface area contributed by atoms with E-state index in [1.807, 2.05) is 30.3 Å². The second-order valence-corrected chi connectivity index (χ2v) is 5.33. The summed E-state index contributed by atoms with van der Waals surface area (Å²) < 4.78 is 0. The molecule has 120 valence electrons. The molecular formula is C18H26N2O2. The van der Waals surface area contributed by atoms with Gasteiger partial charge in [-0.15, -0.1) is 0 Å². The number of benzene rings is 1. The molecule has 1 unspecified atom stereocenters. The van der Waals surface area contributed by atoms with Crippen molar-refractivity contribution in [3.05, 3.63) is 42.0 Å². The molecule has 0 aliphatic heterocycles. The van der Waals surface area contributed by atoms with Gasteiger partial charge in [0.2, 0.25) is 11.8 Å². The number of carbonyl (C=O) groups is 2. The van der Waals surface area contributed by atoms with Gasteiger partial charge in [0.25, 0.3) is 0 Å². The van der Waals surface area contributed by atoms with Gasteiger partial charge in [-0.25, -0.2) is 0 Å². The zero-order chi connectivity index (χ0) is 16.2. The Hall–Kier alpha value is -2.10. The first kappa shape index (κ1) is 18.0. The van der Waals surface area contributed by atoms with Crippen molar-refractivity contribution >= 4 is 17.9 Å². The van der Waals surface area contributed by atoms with Crippen LogP contribution in [0.2, 0.25) is 0 Å². The zero-order valence-corrected chi connectivity index (χ0v) is 13.5. The molecule has 22 heavy (non-hydrogen) atoms. The van der Waals surface area contributed by atoms with Crippen LogP contribution in [0.5, 0.6) is 0 Å². The third-order valence-corrected chi connectivity index (χ3v) is 3.31. The molecule has 0 aliphatic carbocycles. The summed E-state index contributed by atoms with van der Waals surface area (Å²) in [7, 11) is 0. The number of unbranched alkanes of at least 4 members (excludes halogenated alkanes) is 3. The van der Waals surface area contributed by atoms with E-state index in [0.717, 1.165) is 18.4 Å². The van der Waals surface area contributed by atoms with Crippen LogP contribution < -0.4 is 10.6 Å². The summed E-state index contributed by atoms with van der Waals surface area (Å²) in [6.07, 6.45) is 7.64. The Morgan fingerprint density at radius 3 is 2.55 bits per heavy atom. The van der Waals surface area contributed by atoms with E-state index in [0.29, 0.717) is 6.54 Å². The monoisotopic (exact) mass is 302 g/mol. The summed E-state index contributed by atoms with van der Waals surface area (Å²) in [6.45, 7) is 4.51. The van der Waals surface area contributed by atoms with Crippen LogP contribution in [0.15, 0.2) is 36.4 Å². The van der Waals surface area contributed by atoms with E-state index >= 15 is 0 Å². The van der Waals surface area contributed by atoms with Crippen LogP contribution in [0.4, 0.5) is 0 Å². The summed E-state index contributed by atoms with van der Waals surface area (Å²) in [4.78, 5) is 23.6. The first-order valence-electron chi connectivity index (χ1n) is 7.94. The lowest BCUT2D eigenvalue weighted by atomic mass is 10.2. The van der Waals surface area contributed by atoms with Crippen molar-refractivity contribution in [1.82, 2.24) is 10.6 Å². The Bertz CT molecular complexity index is 483. The summed E-state index contributed by atoms with van der Waals surface area (Å²) in [5.74, 6) is -0.407. The van der Waals surface area contributed by atoms with E-state index in [-0.39, 0.29) is 11.8 Å². The number of carbonyl (C=O) groups excluding carboxylic acids is 2. The average molecular weight is 302 g/mol. The Balaban J connectivity index is 2.28. The number of hydrogen-bond donors (Lipinski definition) is 2. The number of hydrogen-bond acceptors (Lipinski definition) is 2. The summed E-state index contributed by atoms with van der Waals surface area (Å²) in [6, 6.07) is 9.04. The van der Waals surface area contributed by atoms with Crippen LogP contribution in [0.25, 0.3) is 6.08 Å². The first-order chi connectivity index (χ1) is 10.6. The third-order valence-electron chi connectivity index (χ3n) is 3.31. The topological polar surface area (TPSA) is 58.2 Å². The van der Waals surface area contributed by atoms with Gasteiger partial charge in [-0.3, -0.25) is 9.59 Å². The van der Waals surface area contributed by atoms with E-state index in [2.05, 4.69) is 17.6 Å². The maximum absolute atomic E-state index is 11.8. The number of nitrogens with one attached hydrogen (secondary N) is 2. The second kappa shape index (κ2) is 10.6. The summed E-state index contributed by atoms with van der Waals surface area (Å²) in [5.41, 5.74) is 0.950. The highest BCUT2D eigenvalue weighted by Gasteiger charge is 2.13. The van der Waals surface area contributed by atoms with Crippen molar-refractivity contribution in [2.24, 2.45) is 0 Å². The van der Waals surface area contributed by atoms with Gasteiger partial charge in [-0.05, 0) is 25.0 Å². The number of rotatable bonds is 9. The third kappa shape index (κ3) is 7.62. The fraction of sp³-hybridized carbons (Fsp3) is 0.444. The molecule has 0 radical (unpaired) electrons. The molecule has 2 amide bonds. The van der Waals surface area contributed by atoms with E-state index in [1.165, 1.54) is 18.9 Å². The number of amides is 2. The predicted molar refractivity (Wildman–Crippen MR) is 90.2 cm³/mol. The minimum absolute atomic E-state index is 0.141. The van der Waals surface area contributed by atoms with Crippen LogP contribution in [0.3, 0.4) is 0 Å². The molecule has 1 rings (SSSR count). The minimum Gasteiger partial charge on any atom is -0.354 e. The molecular weight excluding hydrogens is 276 g/mol. The average Bonchev–Trinajstić information content (AvgIpc) is 2.53. The molecule has 0 heterocycles. The molecule has 1 aromatic rings. The molecule has 0 fully saturated rings. The predicted octanol–water partition coefficient (Wildman–Crippen LogP) is 2.90. The first-order valence-corrected chi connectivity index (χ1v) is 7.94. The minimum atomic E-state index is -0.529. The standard InChI is InChI=1S/C18H26N2O2/c1-3-4-5-9-14-19-18(22)15(2)20-17(21)13-12-16-10-7-6-8-11-16/h6-8,10-13,15H,3-5,9,14H2,1-2H3,(H,19,22)(H,20,21)/b13-12+. The van der Waals surface area contributed by atoms with Gasteiger partial charge in [0, 0.05) is 12.6 Å². The van der Waals surface area contributed by atoms with Gasteiger partial charge in [0.15, 0.2) is 0 Å². The highest BCUT2D eigenvalue weighted by Crippen LogP contribution is 2.00. The molecule has 0 saturated heterocycles. The van der Waals surface area contributed by atoms with Crippen molar-refractivity contribution in [2.45, 2.75) is 45.6 Å². The molecule has 4 heteroatoms. The lowest BCUT2D eigenvalue weighted by Gasteiger charge is -2.12. The van der Waals surface area contributed by atoms with E-state index in [4.69, 9.17) is 0 Å². The Morgan fingerprint density at radius 1 is 1.14 bits per heavy atom. The van der Waals surface area contributed by atoms with Crippen LogP contribution in [-0.2, 0) is 9.59 Å². The maximum Gasteiger partial charge on any atom is 0.244 e. The molecule has 1 atom stereocenters. The summed E-state index contributed by atoms with van der Waals surface area (Å²) in [5, 5.41) is 5.51. The van der Waals surface area contributed by atoms with Gasteiger partial charge in [-0.1, -0.05) is 56.5 Å². The summed E-state index contributed by atoms with van der Waals surface area (Å²) >= 11 is 0. The highest BCUT2D eigenvalue weighted by molar-refractivity contribution is 5.95. The fourth-order valence-corrected chi connectivity index (χ4v) is 1.98. The van der Waals surface area contributed by atoms with Crippen molar-refractivity contribution in [3.8, 4) is 0 Å². The second-order valence-electron chi connectivity index (χ2n) is 5.33.